The molecule has 0 saturated heterocycles. The van der Waals surface area contributed by atoms with E-state index >= 15 is 0 Å². The second kappa shape index (κ2) is 55.1. The van der Waals surface area contributed by atoms with Crippen LogP contribution in [-0.4, -0.2) is 225 Å². The van der Waals surface area contributed by atoms with Crippen LogP contribution in [0.3, 0.4) is 0 Å². The molecule has 0 radical (unpaired) electrons. The maximum atomic E-state index is 13.6. The summed E-state index contributed by atoms with van der Waals surface area (Å²) in [5.74, 6) is -3.02. The fraction of sp³-hybridized carbons (Fsp3) is 0.559. The molecule has 10 N–H and O–H groups in total. The highest BCUT2D eigenvalue weighted by atomic mass is 35.5. The average Bonchev–Trinajstić information content (AvgIpc) is 0.859. The van der Waals surface area contributed by atoms with Crippen LogP contribution in [0.15, 0.2) is 85.2 Å². The van der Waals surface area contributed by atoms with Crippen molar-refractivity contribution in [1.29, 1.82) is 0 Å². The van der Waals surface area contributed by atoms with Gasteiger partial charge in [-0.25, -0.2) is 19.6 Å². The first-order valence-corrected chi connectivity index (χ1v) is 35.2. The second-order valence-corrected chi connectivity index (χ2v) is 24.3. The highest BCUT2D eigenvalue weighted by Gasteiger charge is 2.28. The van der Waals surface area contributed by atoms with Crippen molar-refractivity contribution in [1.82, 2.24) is 41.9 Å². The minimum absolute atomic E-state index is 0.0496. The summed E-state index contributed by atoms with van der Waals surface area (Å²) in [6, 6.07) is 15.7. The first kappa shape index (κ1) is 86.9. The van der Waals surface area contributed by atoms with Crippen LogP contribution in [0.4, 0.5) is 21.2 Å². The molecule has 34 heteroatoms. The molecular weight excluding hydrogens is 1420 g/mol. The summed E-state index contributed by atoms with van der Waals surface area (Å²) >= 11 is 24.7. The summed E-state index contributed by atoms with van der Waals surface area (Å²) < 4.78 is 54.9. The molecule has 0 aliphatic heterocycles. The van der Waals surface area contributed by atoms with Crippen LogP contribution in [0.5, 0.6) is 0 Å². The molecule has 0 fully saturated rings. The van der Waals surface area contributed by atoms with E-state index in [2.05, 4.69) is 52.5 Å². The molecule has 30 nitrogen and oxygen atoms in total. The Bertz CT molecular complexity index is 2810. The van der Waals surface area contributed by atoms with Gasteiger partial charge in [0.05, 0.1) is 131 Å². The largest absolute Gasteiger partial charge is 0.481 e. The van der Waals surface area contributed by atoms with Crippen molar-refractivity contribution in [3.63, 3.8) is 0 Å². The Morgan fingerprint density at radius 3 is 1.03 bits per heavy atom. The van der Waals surface area contributed by atoms with Crippen LogP contribution in [0.25, 0.3) is 0 Å². The van der Waals surface area contributed by atoms with E-state index < -0.39 is 72.9 Å². The van der Waals surface area contributed by atoms with Gasteiger partial charge in [0.2, 0.25) is 23.6 Å². The number of carbonyl (C=O) groups excluding carboxylic acids is 6. The van der Waals surface area contributed by atoms with E-state index in [0.717, 1.165) is 24.5 Å². The number of nitrogens with zero attached hydrogens (tertiary/aromatic N) is 2. The van der Waals surface area contributed by atoms with Crippen molar-refractivity contribution in [2.75, 3.05) is 156 Å². The van der Waals surface area contributed by atoms with Crippen LogP contribution in [0.2, 0.25) is 20.1 Å². The third kappa shape index (κ3) is 43.5. The van der Waals surface area contributed by atoms with E-state index in [1.54, 1.807) is 12.4 Å². The molecule has 0 aliphatic carbocycles. The average molecular weight is 1520 g/mol. The molecule has 0 bridgehead atoms. The van der Waals surface area contributed by atoms with Crippen molar-refractivity contribution in [3.05, 3.63) is 116 Å². The van der Waals surface area contributed by atoms with Gasteiger partial charge in [-0.2, -0.15) is 0 Å². The summed E-state index contributed by atoms with van der Waals surface area (Å²) in [7, 11) is 0. The SMILES string of the molecule is O=C(O)CC(NC(=O)[C@H](COCCOCCOCCOCCOC(=O)NCCCCCCNC(=O)OCCOCCOCCOCCOC[C@H](NC(=O)CCCCNc1ccccn1)C(=O)NC(CC(=O)O)c1cc(Cl)cc(Cl)c1)NC(=O)CCCCNc1ccccn1)c1cc(Cl)cc(Cl)c1. The highest BCUT2D eigenvalue weighted by Crippen LogP contribution is 2.27. The van der Waals surface area contributed by atoms with Crippen LogP contribution in [0, 0.1) is 0 Å². The summed E-state index contributed by atoms with van der Waals surface area (Å²) in [5.41, 5.74) is 0.753. The van der Waals surface area contributed by atoms with Crippen LogP contribution < -0.4 is 42.5 Å². The van der Waals surface area contributed by atoms with Crippen molar-refractivity contribution in [2.24, 2.45) is 0 Å². The van der Waals surface area contributed by atoms with Gasteiger partial charge in [-0.3, -0.25) is 28.8 Å². The number of hydrogen-bond donors (Lipinski definition) is 10. The maximum Gasteiger partial charge on any atom is 0.407 e. The lowest BCUT2D eigenvalue weighted by molar-refractivity contribution is -0.139. The van der Waals surface area contributed by atoms with E-state index in [4.69, 9.17) is 93.8 Å². The number of carboxylic acids is 2. The molecule has 566 valence electrons. The fourth-order valence-corrected chi connectivity index (χ4v) is 10.3. The summed E-state index contributed by atoms with van der Waals surface area (Å²) in [6.45, 7) is 4.51. The van der Waals surface area contributed by atoms with E-state index in [9.17, 15) is 48.6 Å². The van der Waals surface area contributed by atoms with Gasteiger partial charge in [-0.05, 0) is 110 Å². The van der Waals surface area contributed by atoms with Gasteiger partial charge in [-0.1, -0.05) is 71.4 Å². The lowest BCUT2D eigenvalue weighted by Crippen LogP contribution is -2.50. The molecule has 102 heavy (non-hydrogen) atoms. The molecule has 0 spiro atoms. The lowest BCUT2D eigenvalue weighted by Gasteiger charge is -2.23. The first-order chi connectivity index (χ1) is 49.4. The van der Waals surface area contributed by atoms with E-state index in [0.29, 0.717) is 75.8 Å². The maximum absolute atomic E-state index is 13.6. The molecule has 4 rings (SSSR count). The summed E-state index contributed by atoms with van der Waals surface area (Å²) in [5, 5.41) is 42.8. The van der Waals surface area contributed by atoms with Gasteiger partial charge >= 0.3 is 24.1 Å². The number of benzene rings is 2. The van der Waals surface area contributed by atoms with Crippen LogP contribution in [0.1, 0.15) is 100 Å². The Hall–Kier alpha value is -7.46. The molecule has 0 aliphatic rings. The summed E-state index contributed by atoms with van der Waals surface area (Å²) in [4.78, 5) is 109. The lowest BCUT2D eigenvalue weighted by atomic mass is 10.0. The Morgan fingerprint density at radius 1 is 0.382 bits per heavy atom. The zero-order valence-electron chi connectivity index (χ0n) is 57.1. The predicted molar refractivity (Wildman–Crippen MR) is 380 cm³/mol. The second-order valence-electron chi connectivity index (χ2n) is 22.5. The normalized spacial score (nSPS) is 12.2. The number of alkyl carbamates (subject to hydrolysis) is 2. The molecular formula is C68H96Cl4N10O20. The van der Waals surface area contributed by atoms with Crippen molar-refractivity contribution >= 4 is 106 Å². The molecule has 2 aromatic heterocycles. The molecule has 4 aromatic rings. The standard InChI is InChI=1S/C68H96Cl4N10O20/c69-51-39-49(40-52(70)43-51)55(45-63(85)86)81-65(89)57(79-61(83)15-5-11-19-75-59-13-3-9-17-73-59)47-99-33-31-95-25-23-93-27-29-97-35-37-101-67(91)77-21-7-1-2-8-22-78-68(92)102-38-36-98-30-28-94-24-26-96-32-34-100-48-58(80-62(84)16-6-12-20-76-60-14-4-10-18-74-60)66(90)82-56(46-64(87)88)50-41-53(71)44-54(72)42-50/h3-4,9-10,13-14,17-18,39-44,55-58H,1-2,5-8,11-12,15-16,19-38,45-48H2,(H,73,75)(H,74,76)(H,77,91)(H,78,92)(H,79,83)(H,80,84)(H,81,89)(H,82,90)(H,85,86)(H,87,88)/t55?,56?,57-,58-/m0/s1. The van der Waals surface area contributed by atoms with E-state index in [1.165, 1.54) is 36.4 Å². The number of unbranched alkanes of at least 4 members (excludes halogenated alkanes) is 5. The van der Waals surface area contributed by atoms with Crippen LogP contribution >= 0.6 is 46.4 Å². The van der Waals surface area contributed by atoms with Crippen LogP contribution in [-0.2, 0) is 76.1 Å². The third-order valence-corrected chi connectivity index (χ3v) is 15.1. The number of aliphatic carboxylic acids is 2. The Labute approximate surface area is 613 Å². The molecule has 0 saturated carbocycles. The molecule has 4 atom stereocenters. The quantitative estimate of drug-likeness (QED) is 0.0189. The predicted octanol–water partition coefficient (Wildman–Crippen LogP) is 7.73. The number of rotatable bonds is 59. The third-order valence-electron chi connectivity index (χ3n) is 14.2. The van der Waals surface area contributed by atoms with Crippen molar-refractivity contribution in [3.8, 4) is 0 Å². The van der Waals surface area contributed by atoms with Crippen molar-refractivity contribution < 1.29 is 95.9 Å². The summed E-state index contributed by atoms with van der Waals surface area (Å²) in [6.07, 6.45) is 6.98. The van der Waals surface area contributed by atoms with E-state index in [-0.39, 0.29) is 164 Å². The van der Waals surface area contributed by atoms with E-state index in [1.807, 2.05) is 36.4 Å². The first-order valence-electron chi connectivity index (χ1n) is 33.7. The smallest absolute Gasteiger partial charge is 0.407 e. The van der Waals surface area contributed by atoms with Gasteiger partial charge in [-0.15, -0.1) is 0 Å². The Morgan fingerprint density at radius 2 is 0.706 bits per heavy atom. The number of nitrogens with one attached hydrogen (secondary N) is 8. The number of carbonyl (C=O) groups is 8. The topological polar surface area (TPSA) is 391 Å². The highest BCUT2D eigenvalue weighted by molar-refractivity contribution is 6.35. The van der Waals surface area contributed by atoms with Crippen molar-refractivity contribution in [2.45, 2.75) is 101 Å². The monoisotopic (exact) mass is 1510 g/mol. The van der Waals surface area contributed by atoms with Gasteiger partial charge in [0.15, 0.2) is 0 Å². The number of aromatic nitrogens is 2. The van der Waals surface area contributed by atoms with Gasteiger partial charge in [0, 0.05) is 71.5 Å². The molecule has 2 unspecified atom stereocenters. The number of halogens is 4. The molecule has 2 heterocycles. The van der Waals surface area contributed by atoms with Gasteiger partial charge < -0.3 is 100 Å². The number of pyridine rings is 2. The number of anilines is 2. The Balaban J connectivity index is 0.928. The fourth-order valence-electron chi connectivity index (χ4n) is 9.23. The number of ether oxygens (including phenoxy) is 10. The number of hydrogen-bond acceptors (Lipinski definition) is 22. The number of carboxylic acid groups (broad SMARTS) is 2. The van der Waals surface area contributed by atoms with Gasteiger partial charge in [0.25, 0.3) is 0 Å². The minimum Gasteiger partial charge on any atom is -0.481 e. The van der Waals surface area contributed by atoms with Gasteiger partial charge in [0.1, 0.15) is 36.9 Å². The molecule has 6 amide bonds. The Kier molecular flexibility index (Phi) is 47.0. The number of amides is 6. The molecule has 2 aromatic carbocycles. The minimum atomic E-state index is -1.18. The zero-order valence-corrected chi connectivity index (χ0v) is 60.1. The zero-order chi connectivity index (χ0) is 73.6.